The first-order chi connectivity index (χ1) is 9.06. The summed E-state index contributed by atoms with van der Waals surface area (Å²) in [6, 6.07) is -0.730. The molecule has 0 unspecified atom stereocenters. The molecule has 2 rings (SSSR count). The molecular weight excluding hydrogens is 268 g/mol. The number of nitrogens with zero attached hydrogens (tertiary/aromatic N) is 3. The van der Waals surface area contributed by atoms with Gasteiger partial charge in [-0.25, -0.2) is 0 Å². The van der Waals surface area contributed by atoms with Crippen LogP contribution in [0.25, 0.3) is 0 Å². The summed E-state index contributed by atoms with van der Waals surface area (Å²) in [5, 5.41) is 22.4. The molecule has 0 bridgehead atoms. The molecule has 1 fully saturated rings. The van der Waals surface area contributed by atoms with Gasteiger partial charge in [-0.05, 0) is 12.8 Å². The number of rotatable bonds is 6. The van der Waals surface area contributed by atoms with E-state index in [-0.39, 0.29) is 5.91 Å². The lowest BCUT2D eigenvalue weighted by Crippen LogP contribution is -2.18. The maximum absolute atomic E-state index is 11.7. The van der Waals surface area contributed by atoms with Gasteiger partial charge >= 0.3 is 0 Å². The number of anilines is 1. The first kappa shape index (κ1) is 13.9. The summed E-state index contributed by atoms with van der Waals surface area (Å²) in [7, 11) is 0. The number of aromatic nitrogens is 2. The number of carbonyl (C=O) groups excluding carboxylic acids is 1. The molecule has 2 atom stereocenters. The summed E-state index contributed by atoms with van der Waals surface area (Å²) in [5.74, 6) is -0.486. The first-order valence-corrected chi connectivity index (χ1v) is 7.16. The van der Waals surface area contributed by atoms with Crippen molar-refractivity contribution < 1.29 is 9.72 Å². The Morgan fingerprint density at radius 1 is 1.53 bits per heavy atom. The van der Waals surface area contributed by atoms with Crippen LogP contribution in [0.2, 0.25) is 0 Å². The second-order valence-electron chi connectivity index (χ2n) is 4.64. The predicted molar refractivity (Wildman–Crippen MR) is 70.8 cm³/mol. The number of amides is 1. The Morgan fingerprint density at radius 3 is 2.74 bits per heavy atom. The molecule has 1 aliphatic rings. The Kier molecular flexibility index (Phi) is 4.08. The zero-order valence-electron chi connectivity index (χ0n) is 10.8. The fourth-order valence-electron chi connectivity index (χ4n) is 1.98. The average Bonchev–Trinajstić information content (AvgIpc) is 3.07. The number of carbonyl (C=O) groups is 1. The molecule has 1 aromatic rings. The lowest BCUT2D eigenvalue weighted by molar-refractivity contribution is -0.497. The van der Waals surface area contributed by atoms with Crippen LogP contribution in [0.15, 0.2) is 0 Å². The summed E-state index contributed by atoms with van der Waals surface area (Å²) in [6.07, 6.45) is 2.27. The number of nitro groups is 1. The van der Waals surface area contributed by atoms with E-state index in [0.29, 0.717) is 17.5 Å². The van der Waals surface area contributed by atoms with Crippen molar-refractivity contribution in [2.45, 2.75) is 45.1 Å². The van der Waals surface area contributed by atoms with Crippen LogP contribution in [0.4, 0.5) is 5.13 Å². The van der Waals surface area contributed by atoms with Gasteiger partial charge in [0.25, 0.3) is 0 Å². The monoisotopic (exact) mass is 284 g/mol. The summed E-state index contributed by atoms with van der Waals surface area (Å²) < 4.78 is 0. The number of hydrogen-bond acceptors (Lipinski definition) is 6. The van der Waals surface area contributed by atoms with E-state index in [4.69, 9.17) is 0 Å². The highest BCUT2D eigenvalue weighted by Crippen LogP contribution is 2.35. The Hall–Kier alpha value is -1.57. The topological polar surface area (TPSA) is 98.0 Å². The van der Waals surface area contributed by atoms with Crippen molar-refractivity contribution in [3.8, 4) is 0 Å². The molecule has 1 N–H and O–H groups in total. The van der Waals surface area contributed by atoms with Gasteiger partial charge in [-0.2, -0.15) is 0 Å². The van der Waals surface area contributed by atoms with Gasteiger partial charge in [0.1, 0.15) is 10.9 Å². The Morgan fingerprint density at radius 2 is 2.21 bits per heavy atom. The van der Waals surface area contributed by atoms with Crippen molar-refractivity contribution in [2.75, 3.05) is 5.32 Å². The van der Waals surface area contributed by atoms with Crippen LogP contribution in [0.1, 0.15) is 44.0 Å². The molecule has 1 amide bonds. The molecule has 19 heavy (non-hydrogen) atoms. The average molecular weight is 284 g/mol. The molecule has 7 nitrogen and oxygen atoms in total. The predicted octanol–water partition coefficient (Wildman–Crippen LogP) is 2.05. The van der Waals surface area contributed by atoms with Gasteiger partial charge in [-0.15, -0.1) is 10.2 Å². The first-order valence-electron chi connectivity index (χ1n) is 6.34. The van der Waals surface area contributed by atoms with Crippen LogP contribution >= 0.6 is 11.3 Å². The highest BCUT2D eigenvalue weighted by Gasteiger charge is 2.53. The fraction of sp³-hybridized carbons (Fsp3) is 0.727. The zero-order chi connectivity index (χ0) is 14.0. The number of hydrogen-bond donors (Lipinski definition) is 1. The van der Waals surface area contributed by atoms with E-state index in [9.17, 15) is 14.9 Å². The Labute approximate surface area is 114 Å². The highest BCUT2D eigenvalue weighted by molar-refractivity contribution is 7.15. The molecule has 0 saturated heterocycles. The third-order valence-corrected chi connectivity index (χ3v) is 4.37. The van der Waals surface area contributed by atoms with Crippen LogP contribution in [0.5, 0.6) is 0 Å². The molecule has 0 aromatic carbocycles. The van der Waals surface area contributed by atoms with Crippen molar-refractivity contribution in [2.24, 2.45) is 5.92 Å². The summed E-state index contributed by atoms with van der Waals surface area (Å²) in [4.78, 5) is 21.8. The molecule has 0 radical (unpaired) electrons. The molecule has 1 saturated carbocycles. The minimum atomic E-state index is -0.730. The van der Waals surface area contributed by atoms with Crippen LogP contribution in [0.3, 0.4) is 0 Å². The van der Waals surface area contributed by atoms with Gasteiger partial charge in [-0.1, -0.05) is 25.2 Å². The van der Waals surface area contributed by atoms with Gasteiger partial charge in [0, 0.05) is 17.3 Å². The molecule has 0 spiro atoms. The third kappa shape index (κ3) is 3.06. The number of nitrogens with one attached hydrogen (secondary N) is 1. The van der Waals surface area contributed by atoms with Gasteiger partial charge in [0.15, 0.2) is 0 Å². The van der Waals surface area contributed by atoms with Crippen LogP contribution in [-0.4, -0.2) is 27.1 Å². The van der Waals surface area contributed by atoms with Gasteiger partial charge < -0.3 is 5.32 Å². The molecule has 8 heteroatoms. The third-order valence-electron chi connectivity index (χ3n) is 3.37. The highest BCUT2D eigenvalue weighted by atomic mass is 32.1. The molecule has 1 aliphatic carbocycles. The van der Waals surface area contributed by atoms with E-state index < -0.39 is 16.9 Å². The molecule has 104 valence electrons. The van der Waals surface area contributed by atoms with Crippen LogP contribution in [-0.2, 0) is 4.79 Å². The van der Waals surface area contributed by atoms with Gasteiger partial charge in [-0.3, -0.25) is 14.9 Å². The summed E-state index contributed by atoms with van der Waals surface area (Å²) in [5.41, 5.74) is 0. The maximum Gasteiger partial charge on any atom is 0.236 e. The van der Waals surface area contributed by atoms with Gasteiger partial charge in [0.2, 0.25) is 17.1 Å². The van der Waals surface area contributed by atoms with E-state index in [0.717, 1.165) is 17.8 Å². The van der Waals surface area contributed by atoms with Gasteiger partial charge in [0.05, 0.1) is 0 Å². The van der Waals surface area contributed by atoms with E-state index in [1.54, 1.807) is 0 Å². The maximum atomic E-state index is 11.7. The van der Waals surface area contributed by atoms with E-state index >= 15 is 0 Å². The van der Waals surface area contributed by atoms with Crippen LogP contribution < -0.4 is 5.32 Å². The summed E-state index contributed by atoms with van der Waals surface area (Å²) in [6.45, 7) is 4.17. The minimum absolute atomic E-state index is 0.317. The smallest absolute Gasteiger partial charge is 0.236 e. The molecular formula is C11H16N4O3S. The fourth-order valence-corrected chi connectivity index (χ4v) is 3.00. The van der Waals surface area contributed by atoms with E-state index in [2.05, 4.69) is 29.4 Å². The Bertz CT molecular complexity index is 486. The van der Waals surface area contributed by atoms with Crippen LogP contribution in [0, 0.1) is 16.0 Å². The SMILES string of the molecule is CCC(CC)c1nnc(NC(=O)[C@H]2C[C@H]2[N+](=O)[O-])s1. The Balaban J connectivity index is 1.93. The van der Waals surface area contributed by atoms with Crippen molar-refractivity contribution in [1.29, 1.82) is 0 Å². The quantitative estimate of drug-likeness (QED) is 0.636. The minimum Gasteiger partial charge on any atom is -0.300 e. The van der Waals surface area contributed by atoms with Crippen molar-refractivity contribution in [1.82, 2.24) is 10.2 Å². The van der Waals surface area contributed by atoms with E-state index in [1.807, 2.05) is 0 Å². The second kappa shape index (κ2) is 5.60. The molecule has 0 aliphatic heterocycles. The van der Waals surface area contributed by atoms with Crippen molar-refractivity contribution in [3.05, 3.63) is 15.1 Å². The zero-order valence-corrected chi connectivity index (χ0v) is 11.6. The summed E-state index contributed by atoms with van der Waals surface area (Å²) >= 11 is 1.35. The van der Waals surface area contributed by atoms with Crippen molar-refractivity contribution in [3.63, 3.8) is 0 Å². The standard InChI is InChI=1S/C11H16N4O3S/c1-3-6(4-2)10-13-14-11(19-10)12-9(16)7-5-8(7)15(17)18/h6-8H,3-5H2,1-2H3,(H,12,14,16)/t7-,8+/m0/s1. The molecule has 1 aromatic heterocycles. The lowest BCUT2D eigenvalue weighted by atomic mass is 10.1. The largest absolute Gasteiger partial charge is 0.300 e. The van der Waals surface area contributed by atoms with Crippen molar-refractivity contribution >= 4 is 22.4 Å². The molecule has 1 heterocycles. The normalized spacial score (nSPS) is 21.4. The van der Waals surface area contributed by atoms with E-state index in [1.165, 1.54) is 11.3 Å². The second-order valence-corrected chi connectivity index (χ2v) is 5.65. The lowest BCUT2D eigenvalue weighted by Gasteiger charge is -2.05.